The first kappa shape index (κ1) is 69.6. The van der Waals surface area contributed by atoms with E-state index < -0.39 is 49.5 Å². The van der Waals surface area contributed by atoms with Crippen molar-refractivity contribution in [3.8, 4) is 0 Å². The molecule has 74 heavy (non-hydrogen) atoms. The predicted molar refractivity (Wildman–Crippen MR) is 306 cm³/mol. The van der Waals surface area contributed by atoms with E-state index in [0.717, 1.165) is 89.9 Å². The third-order valence-electron chi connectivity index (χ3n) is 14.5. The van der Waals surface area contributed by atoms with E-state index in [-0.39, 0.29) is 18.5 Å². The SMILES string of the molecule is C/C=C/CC/C=C/CC/C=C/C(O)C(COC1OC(CO)C(O)C(O)C1O)NC(=O)CCCCCCC/C=C\CCCCCCCCCCCOC(=O)CCCCCCCCCCCCCCCCCCCCC. The van der Waals surface area contributed by atoms with Gasteiger partial charge in [-0.15, -0.1) is 0 Å². The molecule has 0 saturated carbocycles. The molecule has 0 aromatic heterocycles. The maximum atomic E-state index is 13.0. The summed E-state index contributed by atoms with van der Waals surface area (Å²) in [5, 5.41) is 54.1. The van der Waals surface area contributed by atoms with Crippen molar-refractivity contribution in [3.05, 3.63) is 48.6 Å². The van der Waals surface area contributed by atoms with Crippen LogP contribution in [0, 0.1) is 0 Å². The second-order valence-corrected chi connectivity index (χ2v) is 21.4. The molecule has 0 spiro atoms. The van der Waals surface area contributed by atoms with E-state index >= 15 is 0 Å². The first-order valence-electron chi connectivity index (χ1n) is 30.9. The monoisotopic (exact) mass is 1050 g/mol. The van der Waals surface area contributed by atoms with Crippen molar-refractivity contribution in [3.63, 3.8) is 0 Å². The number of hydrogen-bond donors (Lipinski definition) is 6. The summed E-state index contributed by atoms with van der Waals surface area (Å²) in [6, 6.07) is -0.844. The van der Waals surface area contributed by atoms with Gasteiger partial charge in [-0.2, -0.15) is 0 Å². The van der Waals surface area contributed by atoms with Crippen molar-refractivity contribution in [2.75, 3.05) is 19.8 Å². The maximum absolute atomic E-state index is 13.0. The molecule has 0 aliphatic carbocycles. The number of esters is 1. The molecule has 0 aromatic carbocycles. The van der Waals surface area contributed by atoms with Crippen LogP contribution in [0.3, 0.4) is 0 Å². The van der Waals surface area contributed by atoms with E-state index in [1.165, 1.54) is 154 Å². The first-order chi connectivity index (χ1) is 36.2. The quantitative estimate of drug-likeness (QED) is 0.0195. The summed E-state index contributed by atoms with van der Waals surface area (Å²) in [5.41, 5.74) is 0. The van der Waals surface area contributed by atoms with E-state index in [1.807, 2.05) is 19.1 Å². The fraction of sp³-hybridized carbons (Fsp3) is 0.841. The van der Waals surface area contributed by atoms with Crippen LogP contribution in [-0.2, 0) is 23.8 Å². The molecule has 0 aromatic rings. The van der Waals surface area contributed by atoms with Gasteiger partial charge in [0.15, 0.2) is 6.29 Å². The number of nitrogens with one attached hydrogen (secondary N) is 1. The van der Waals surface area contributed by atoms with Crippen LogP contribution in [0.15, 0.2) is 48.6 Å². The van der Waals surface area contributed by atoms with Gasteiger partial charge in [0, 0.05) is 12.8 Å². The molecule has 7 atom stereocenters. The second kappa shape index (κ2) is 52.7. The smallest absolute Gasteiger partial charge is 0.305 e. The van der Waals surface area contributed by atoms with Crippen LogP contribution < -0.4 is 5.32 Å². The Labute approximate surface area is 453 Å². The Bertz CT molecular complexity index is 1370. The number of ether oxygens (including phenoxy) is 3. The predicted octanol–water partition coefficient (Wildman–Crippen LogP) is 14.5. The second-order valence-electron chi connectivity index (χ2n) is 21.4. The maximum Gasteiger partial charge on any atom is 0.305 e. The molecule has 1 saturated heterocycles. The van der Waals surface area contributed by atoms with Crippen LogP contribution in [0.5, 0.6) is 0 Å². The highest BCUT2D eigenvalue weighted by Gasteiger charge is 2.44. The topological polar surface area (TPSA) is 175 Å². The average Bonchev–Trinajstić information content (AvgIpc) is 3.40. The van der Waals surface area contributed by atoms with Crippen molar-refractivity contribution in [1.29, 1.82) is 0 Å². The molecule has 1 aliphatic rings. The Balaban J connectivity index is 2.00. The summed E-state index contributed by atoms with van der Waals surface area (Å²) in [4.78, 5) is 25.1. The summed E-state index contributed by atoms with van der Waals surface area (Å²) in [7, 11) is 0. The number of aliphatic hydroxyl groups excluding tert-OH is 5. The Morgan fingerprint density at radius 3 is 1.42 bits per heavy atom. The zero-order valence-corrected chi connectivity index (χ0v) is 47.6. The van der Waals surface area contributed by atoms with Gasteiger partial charge in [0.2, 0.25) is 5.91 Å². The minimum absolute atomic E-state index is 0.00973. The summed E-state index contributed by atoms with van der Waals surface area (Å²) >= 11 is 0. The first-order valence-corrected chi connectivity index (χ1v) is 30.9. The minimum Gasteiger partial charge on any atom is -0.466 e. The fourth-order valence-electron chi connectivity index (χ4n) is 9.59. The third kappa shape index (κ3) is 41.7. The lowest BCUT2D eigenvalue weighted by Crippen LogP contribution is -2.60. The number of carbonyl (C=O) groups excluding carboxylic acids is 2. The van der Waals surface area contributed by atoms with Crippen molar-refractivity contribution < 1.29 is 49.3 Å². The molecule has 7 unspecified atom stereocenters. The molecule has 0 bridgehead atoms. The molecule has 1 rings (SSSR count). The van der Waals surface area contributed by atoms with Crippen LogP contribution in [0.2, 0.25) is 0 Å². The van der Waals surface area contributed by atoms with Gasteiger partial charge < -0.3 is 45.1 Å². The largest absolute Gasteiger partial charge is 0.466 e. The van der Waals surface area contributed by atoms with Crippen LogP contribution in [-0.4, -0.2) is 100 Å². The number of allylic oxidation sites excluding steroid dienone is 7. The van der Waals surface area contributed by atoms with Crippen LogP contribution in [0.25, 0.3) is 0 Å². The van der Waals surface area contributed by atoms with E-state index in [2.05, 4.69) is 42.6 Å². The number of amides is 1. The molecule has 1 heterocycles. The highest BCUT2D eigenvalue weighted by Crippen LogP contribution is 2.23. The molecular weight excluding hydrogens is 931 g/mol. The highest BCUT2D eigenvalue weighted by molar-refractivity contribution is 5.76. The number of unbranched alkanes of at least 4 members (excludes halogenated alkanes) is 34. The standard InChI is InChI=1S/C63H115NO10/c1-3-5-7-9-11-13-14-15-16-17-18-22-25-28-31-35-39-43-47-51-59(68)72-52-48-44-40-36-32-29-26-23-20-19-21-24-27-30-34-38-42-46-50-58(67)64-55(56(66)49-45-41-37-33-12-10-8-6-4-2)54-73-63-62(71)61(70)60(69)57(53-65)74-63/h4,6,12,21,24,33,45,49,55-57,60-63,65-66,69-71H,3,5,7-11,13-20,22-23,25-32,34-44,46-48,50-54H2,1-2H3,(H,64,67)/b6-4+,24-21-,33-12+,49-45+. The summed E-state index contributed by atoms with van der Waals surface area (Å²) < 4.78 is 16.7. The number of hydrogen-bond acceptors (Lipinski definition) is 10. The molecular formula is C63H115NO10. The lowest BCUT2D eigenvalue weighted by Gasteiger charge is -2.40. The van der Waals surface area contributed by atoms with Gasteiger partial charge in [0.1, 0.15) is 24.4 Å². The number of aliphatic hydroxyl groups is 5. The number of rotatable bonds is 53. The van der Waals surface area contributed by atoms with Gasteiger partial charge in [-0.05, 0) is 77.6 Å². The Morgan fingerprint density at radius 1 is 0.514 bits per heavy atom. The molecule has 6 N–H and O–H groups in total. The van der Waals surface area contributed by atoms with Crippen LogP contribution >= 0.6 is 0 Å². The lowest BCUT2D eigenvalue weighted by molar-refractivity contribution is -0.302. The summed E-state index contributed by atoms with van der Waals surface area (Å²) in [6.07, 6.45) is 56.8. The normalized spacial score (nSPS) is 19.1. The molecule has 1 amide bonds. The summed E-state index contributed by atoms with van der Waals surface area (Å²) in [6.45, 7) is 4.07. The minimum atomic E-state index is -1.58. The third-order valence-corrected chi connectivity index (χ3v) is 14.5. The lowest BCUT2D eigenvalue weighted by atomic mass is 9.99. The van der Waals surface area contributed by atoms with Gasteiger partial charge >= 0.3 is 5.97 Å². The Morgan fingerprint density at radius 2 is 0.932 bits per heavy atom. The molecule has 11 heteroatoms. The molecule has 1 aliphatic heterocycles. The number of carbonyl (C=O) groups is 2. The van der Waals surface area contributed by atoms with Crippen molar-refractivity contribution in [2.24, 2.45) is 0 Å². The van der Waals surface area contributed by atoms with Gasteiger partial charge in [-0.25, -0.2) is 0 Å². The van der Waals surface area contributed by atoms with E-state index in [4.69, 9.17) is 14.2 Å². The highest BCUT2D eigenvalue weighted by atomic mass is 16.7. The van der Waals surface area contributed by atoms with Gasteiger partial charge in [0.05, 0.1) is 32.0 Å². The Kier molecular flexibility index (Phi) is 49.6. The molecule has 432 valence electrons. The average molecular weight is 1050 g/mol. The van der Waals surface area contributed by atoms with Crippen molar-refractivity contribution in [2.45, 2.75) is 320 Å². The van der Waals surface area contributed by atoms with Crippen molar-refractivity contribution in [1.82, 2.24) is 5.32 Å². The molecule has 11 nitrogen and oxygen atoms in total. The van der Waals surface area contributed by atoms with Gasteiger partial charge in [-0.1, -0.05) is 235 Å². The zero-order chi connectivity index (χ0) is 53.8. The van der Waals surface area contributed by atoms with Gasteiger partial charge in [0.25, 0.3) is 0 Å². The van der Waals surface area contributed by atoms with E-state index in [9.17, 15) is 35.1 Å². The Hall–Kier alpha value is -2.38. The van der Waals surface area contributed by atoms with Crippen LogP contribution in [0.1, 0.15) is 277 Å². The van der Waals surface area contributed by atoms with Crippen LogP contribution in [0.4, 0.5) is 0 Å². The van der Waals surface area contributed by atoms with E-state index in [1.54, 1.807) is 6.08 Å². The molecule has 1 fully saturated rings. The summed E-state index contributed by atoms with van der Waals surface area (Å²) in [5.74, 6) is -0.224. The molecule has 0 radical (unpaired) electrons. The zero-order valence-electron chi connectivity index (χ0n) is 47.6. The van der Waals surface area contributed by atoms with Crippen molar-refractivity contribution >= 4 is 11.9 Å². The van der Waals surface area contributed by atoms with E-state index in [0.29, 0.717) is 25.9 Å². The van der Waals surface area contributed by atoms with Gasteiger partial charge in [-0.3, -0.25) is 9.59 Å². The fourth-order valence-corrected chi connectivity index (χ4v) is 9.59.